The number of fused-ring (bicyclic) bond motifs is 1. The van der Waals surface area contributed by atoms with Gasteiger partial charge in [-0.15, -0.1) is 0 Å². The van der Waals surface area contributed by atoms with Crippen LogP contribution in [0, 0.1) is 0 Å². The second-order valence-corrected chi connectivity index (χ2v) is 4.29. The summed E-state index contributed by atoms with van der Waals surface area (Å²) < 4.78 is 5.76. The largest absolute Gasteiger partial charge is 0.489 e. The quantitative estimate of drug-likeness (QED) is 0.893. The molecule has 3 heteroatoms. The van der Waals surface area contributed by atoms with Crippen LogP contribution in [0.4, 0.5) is 0 Å². The zero-order valence-corrected chi connectivity index (χ0v) is 9.97. The van der Waals surface area contributed by atoms with Crippen molar-refractivity contribution in [2.45, 2.75) is 13.2 Å². The number of hydrogen-bond acceptors (Lipinski definition) is 3. The van der Waals surface area contributed by atoms with E-state index in [0.717, 1.165) is 16.9 Å². The SMILES string of the molecule is NC1=NCc2ccc(OCc3ccccc3)cc21. The van der Waals surface area contributed by atoms with Gasteiger partial charge in [-0.25, -0.2) is 0 Å². The van der Waals surface area contributed by atoms with Crippen molar-refractivity contribution >= 4 is 5.84 Å². The topological polar surface area (TPSA) is 47.6 Å². The Kier molecular flexibility index (Phi) is 2.73. The van der Waals surface area contributed by atoms with Crippen molar-refractivity contribution in [2.24, 2.45) is 10.7 Å². The van der Waals surface area contributed by atoms with Gasteiger partial charge in [-0.05, 0) is 23.3 Å². The fraction of sp³-hybridized carbons (Fsp3) is 0.133. The highest BCUT2D eigenvalue weighted by Gasteiger charge is 2.13. The second-order valence-electron chi connectivity index (χ2n) is 4.29. The maximum Gasteiger partial charge on any atom is 0.126 e. The van der Waals surface area contributed by atoms with Gasteiger partial charge in [0.1, 0.15) is 18.2 Å². The number of nitrogens with zero attached hydrogens (tertiary/aromatic N) is 1. The molecule has 2 aromatic carbocycles. The van der Waals surface area contributed by atoms with Gasteiger partial charge < -0.3 is 10.5 Å². The Bertz CT molecular complexity index is 591. The molecule has 18 heavy (non-hydrogen) atoms. The lowest BCUT2D eigenvalue weighted by molar-refractivity contribution is 0.306. The maximum absolute atomic E-state index is 5.82. The molecule has 0 atom stereocenters. The first-order chi connectivity index (χ1) is 8.83. The summed E-state index contributed by atoms with van der Waals surface area (Å²) in [4.78, 5) is 4.20. The Morgan fingerprint density at radius 3 is 2.78 bits per heavy atom. The van der Waals surface area contributed by atoms with Crippen LogP contribution in [-0.2, 0) is 13.2 Å². The molecule has 3 rings (SSSR count). The smallest absolute Gasteiger partial charge is 0.126 e. The first kappa shape index (κ1) is 10.8. The van der Waals surface area contributed by atoms with Crippen LogP contribution in [0.5, 0.6) is 5.75 Å². The molecule has 2 aromatic rings. The van der Waals surface area contributed by atoms with E-state index in [9.17, 15) is 0 Å². The molecule has 0 saturated heterocycles. The predicted octanol–water partition coefficient (Wildman–Crippen LogP) is 2.48. The predicted molar refractivity (Wildman–Crippen MR) is 71.6 cm³/mol. The Balaban J connectivity index is 1.74. The van der Waals surface area contributed by atoms with Crippen LogP contribution in [0.25, 0.3) is 0 Å². The average molecular weight is 238 g/mol. The van der Waals surface area contributed by atoms with E-state index in [1.165, 1.54) is 5.56 Å². The zero-order valence-electron chi connectivity index (χ0n) is 9.97. The van der Waals surface area contributed by atoms with Crippen LogP contribution < -0.4 is 10.5 Å². The summed E-state index contributed by atoms with van der Waals surface area (Å²) in [6.45, 7) is 1.25. The Morgan fingerprint density at radius 1 is 1.11 bits per heavy atom. The second kappa shape index (κ2) is 4.53. The lowest BCUT2D eigenvalue weighted by Gasteiger charge is -2.08. The summed E-state index contributed by atoms with van der Waals surface area (Å²) in [6.07, 6.45) is 0. The zero-order chi connectivity index (χ0) is 12.4. The Morgan fingerprint density at radius 2 is 1.94 bits per heavy atom. The molecule has 0 saturated carbocycles. The molecule has 3 nitrogen and oxygen atoms in total. The molecular formula is C15H14N2O. The molecule has 90 valence electrons. The molecular weight excluding hydrogens is 224 g/mol. The molecule has 0 amide bonds. The summed E-state index contributed by atoms with van der Waals surface area (Å²) in [5.74, 6) is 1.44. The van der Waals surface area contributed by atoms with Gasteiger partial charge >= 0.3 is 0 Å². The van der Waals surface area contributed by atoms with E-state index in [1.54, 1.807) is 0 Å². The van der Waals surface area contributed by atoms with Crippen molar-refractivity contribution in [3.05, 3.63) is 65.2 Å². The van der Waals surface area contributed by atoms with Gasteiger partial charge in [0, 0.05) is 5.56 Å². The Hall–Kier alpha value is -2.29. The van der Waals surface area contributed by atoms with Crippen LogP contribution in [0.15, 0.2) is 53.5 Å². The van der Waals surface area contributed by atoms with Gasteiger partial charge in [0.2, 0.25) is 0 Å². The summed E-state index contributed by atoms with van der Waals surface area (Å²) in [7, 11) is 0. The lowest BCUT2D eigenvalue weighted by atomic mass is 10.1. The highest BCUT2D eigenvalue weighted by atomic mass is 16.5. The van der Waals surface area contributed by atoms with Crippen LogP contribution in [-0.4, -0.2) is 5.84 Å². The number of aliphatic imine (C=N–C) groups is 1. The Labute approximate surface area is 106 Å². The molecule has 0 spiro atoms. The van der Waals surface area contributed by atoms with Gasteiger partial charge in [0.05, 0.1) is 6.54 Å². The lowest BCUT2D eigenvalue weighted by Crippen LogP contribution is -2.10. The van der Waals surface area contributed by atoms with Crippen LogP contribution in [0.2, 0.25) is 0 Å². The number of amidine groups is 1. The summed E-state index contributed by atoms with van der Waals surface area (Å²) >= 11 is 0. The van der Waals surface area contributed by atoms with Crippen LogP contribution in [0.1, 0.15) is 16.7 Å². The highest BCUT2D eigenvalue weighted by molar-refractivity contribution is 6.01. The van der Waals surface area contributed by atoms with E-state index < -0.39 is 0 Å². The number of ether oxygens (including phenoxy) is 1. The van der Waals surface area contributed by atoms with Gasteiger partial charge in [-0.1, -0.05) is 36.4 Å². The molecule has 0 aromatic heterocycles. The van der Waals surface area contributed by atoms with Crippen LogP contribution >= 0.6 is 0 Å². The molecule has 0 fully saturated rings. The van der Waals surface area contributed by atoms with E-state index in [-0.39, 0.29) is 0 Å². The molecule has 1 heterocycles. The maximum atomic E-state index is 5.82. The van der Waals surface area contributed by atoms with E-state index in [0.29, 0.717) is 19.0 Å². The third-order valence-electron chi connectivity index (χ3n) is 3.03. The monoisotopic (exact) mass is 238 g/mol. The van der Waals surface area contributed by atoms with Crippen molar-refractivity contribution in [2.75, 3.05) is 0 Å². The molecule has 2 N–H and O–H groups in total. The summed E-state index contributed by atoms with van der Waals surface area (Å²) in [6, 6.07) is 16.1. The van der Waals surface area contributed by atoms with Crippen molar-refractivity contribution < 1.29 is 4.74 Å². The standard InChI is InChI=1S/C15H14N2O/c16-15-14-8-13(7-6-12(14)9-17-15)18-10-11-4-2-1-3-5-11/h1-8H,9-10H2,(H2,16,17). The van der Waals surface area contributed by atoms with E-state index >= 15 is 0 Å². The minimum absolute atomic E-state index is 0.566. The molecule has 0 aliphatic carbocycles. The van der Waals surface area contributed by atoms with Gasteiger partial charge in [-0.2, -0.15) is 0 Å². The molecule has 0 bridgehead atoms. The van der Waals surface area contributed by atoms with Gasteiger partial charge in [0.15, 0.2) is 0 Å². The molecule has 1 aliphatic rings. The van der Waals surface area contributed by atoms with Gasteiger partial charge in [0.25, 0.3) is 0 Å². The number of hydrogen-bond donors (Lipinski definition) is 1. The van der Waals surface area contributed by atoms with E-state index in [4.69, 9.17) is 10.5 Å². The molecule has 0 unspecified atom stereocenters. The summed E-state index contributed by atoms with van der Waals surface area (Å²) in [5.41, 5.74) is 9.14. The minimum Gasteiger partial charge on any atom is -0.489 e. The fourth-order valence-corrected chi connectivity index (χ4v) is 2.02. The highest BCUT2D eigenvalue weighted by Crippen LogP contribution is 2.23. The average Bonchev–Trinajstić information content (AvgIpc) is 2.79. The molecule has 0 radical (unpaired) electrons. The normalized spacial score (nSPS) is 13.0. The first-order valence-corrected chi connectivity index (χ1v) is 5.93. The fourth-order valence-electron chi connectivity index (χ4n) is 2.02. The van der Waals surface area contributed by atoms with Crippen molar-refractivity contribution in [3.63, 3.8) is 0 Å². The third kappa shape index (κ3) is 2.07. The number of benzene rings is 2. The minimum atomic E-state index is 0.566. The third-order valence-corrected chi connectivity index (χ3v) is 3.03. The van der Waals surface area contributed by atoms with Gasteiger partial charge in [-0.3, -0.25) is 4.99 Å². The molecule has 1 aliphatic heterocycles. The van der Waals surface area contributed by atoms with Crippen molar-refractivity contribution in [3.8, 4) is 5.75 Å². The van der Waals surface area contributed by atoms with E-state index in [1.807, 2.05) is 48.5 Å². The number of rotatable bonds is 3. The summed E-state index contributed by atoms with van der Waals surface area (Å²) in [5, 5.41) is 0. The van der Waals surface area contributed by atoms with Crippen molar-refractivity contribution in [1.29, 1.82) is 0 Å². The van der Waals surface area contributed by atoms with Crippen LogP contribution in [0.3, 0.4) is 0 Å². The van der Waals surface area contributed by atoms with Crippen molar-refractivity contribution in [1.82, 2.24) is 0 Å². The first-order valence-electron chi connectivity index (χ1n) is 5.93. The number of nitrogens with two attached hydrogens (primary N) is 1. The van der Waals surface area contributed by atoms with E-state index in [2.05, 4.69) is 4.99 Å².